The second-order valence-corrected chi connectivity index (χ2v) is 10.2. The van der Waals surface area contributed by atoms with Crippen molar-refractivity contribution in [3.8, 4) is 0 Å². The van der Waals surface area contributed by atoms with Crippen molar-refractivity contribution in [2.75, 3.05) is 40.3 Å². The van der Waals surface area contributed by atoms with E-state index in [1.54, 1.807) is 14.0 Å². The number of allylic oxidation sites excluding steroid dienone is 1. The molecule has 0 saturated carbocycles. The largest absolute Gasteiger partial charge is 0.352 e. The van der Waals surface area contributed by atoms with E-state index < -0.39 is 40.8 Å². The van der Waals surface area contributed by atoms with Crippen molar-refractivity contribution < 1.29 is 27.2 Å². The Hall–Kier alpha value is -3.62. The number of nitrogens with zero attached hydrogens (tertiary/aromatic N) is 4. The van der Waals surface area contributed by atoms with E-state index in [0.29, 0.717) is 51.1 Å². The second-order valence-electron chi connectivity index (χ2n) is 10.2. The maximum absolute atomic E-state index is 14.4. The van der Waals surface area contributed by atoms with Gasteiger partial charge >= 0.3 is 6.03 Å². The molecule has 3 amide bonds. The van der Waals surface area contributed by atoms with Crippen molar-refractivity contribution in [2.24, 2.45) is 0 Å². The normalized spacial score (nSPS) is 19.1. The first-order valence-corrected chi connectivity index (χ1v) is 13.0. The molecule has 0 aromatic heterocycles. The van der Waals surface area contributed by atoms with Crippen LogP contribution >= 0.6 is 12.4 Å². The van der Waals surface area contributed by atoms with Crippen LogP contribution in [0, 0.1) is 29.8 Å². The van der Waals surface area contributed by atoms with Crippen molar-refractivity contribution in [3.05, 3.63) is 93.5 Å². The van der Waals surface area contributed by atoms with E-state index in [-0.39, 0.29) is 35.1 Å². The molecule has 2 heterocycles. The highest BCUT2D eigenvalue weighted by Gasteiger charge is 2.44. The summed E-state index contributed by atoms with van der Waals surface area (Å²) in [5.74, 6) is -3.90. The highest BCUT2D eigenvalue weighted by molar-refractivity contribution is 5.98. The molecule has 1 atom stereocenters. The van der Waals surface area contributed by atoms with Crippen LogP contribution in [0.3, 0.4) is 0 Å². The lowest BCUT2D eigenvalue weighted by molar-refractivity contribution is -0.118. The summed E-state index contributed by atoms with van der Waals surface area (Å²) >= 11 is 0. The van der Waals surface area contributed by atoms with Gasteiger partial charge in [0.15, 0.2) is 11.6 Å². The van der Waals surface area contributed by atoms with Gasteiger partial charge in [0.05, 0.1) is 17.2 Å². The average Bonchev–Trinajstić information content (AvgIpc) is 2.93. The number of hydrogen-bond acceptors (Lipinski definition) is 3. The summed E-state index contributed by atoms with van der Waals surface area (Å²) in [6.45, 7) is 11.4. The first-order valence-electron chi connectivity index (χ1n) is 13.0. The number of carbonyl (C=O) groups is 2. The molecule has 220 valence electrons. The van der Waals surface area contributed by atoms with E-state index in [1.165, 1.54) is 35.0 Å². The minimum absolute atomic E-state index is 0. The van der Waals surface area contributed by atoms with Gasteiger partial charge in [0.1, 0.15) is 11.6 Å². The van der Waals surface area contributed by atoms with Crippen molar-refractivity contribution in [2.45, 2.75) is 37.8 Å². The number of urea groups is 1. The fourth-order valence-electron chi connectivity index (χ4n) is 5.48. The maximum Gasteiger partial charge on any atom is 0.324 e. The molecule has 1 saturated heterocycles. The molecule has 2 aliphatic heterocycles. The predicted octanol–water partition coefficient (Wildman–Crippen LogP) is 5.39. The Labute approximate surface area is 243 Å². The second kappa shape index (κ2) is 12.9. The number of likely N-dealkylation sites (N-methyl/N-ethyl adjacent to an activating group) is 1. The Balaban J connectivity index is 0.00000462. The third kappa shape index (κ3) is 6.34. The molecule has 1 unspecified atom stereocenters. The van der Waals surface area contributed by atoms with Crippen LogP contribution in [0.1, 0.15) is 43.4 Å². The minimum atomic E-state index is -1.07. The van der Waals surface area contributed by atoms with Crippen LogP contribution in [-0.2, 0) is 10.3 Å². The van der Waals surface area contributed by atoms with Crippen LogP contribution in [0.4, 0.5) is 22.4 Å². The third-order valence-electron chi connectivity index (χ3n) is 7.91. The molecule has 2 aliphatic rings. The monoisotopic (exact) mass is 593 g/mol. The number of amides is 3. The van der Waals surface area contributed by atoms with E-state index >= 15 is 0 Å². The quantitative estimate of drug-likeness (QED) is 0.266. The topological polar surface area (TPSA) is 60.3 Å². The van der Waals surface area contributed by atoms with Gasteiger partial charge in [-0.2, -0.15) is 0 Å². The zero-order valence-corrected chi connectivity index (χ0v) is 23.8. The van der Waals surface area contributed by atoms with Crippen molar-refractivity contribution in [1.82, 2.24) is 20.0 Å². The van der Waals surface area contributed by atoms with Gasteiger partial charge in [0.2, 0.25) is 0 Å². The van der Waals surface area contributed by atoms with Crippen LogP contribution in [0.15, 0.2) is 47.7 Å². The van der Waals surface area contributed by atoms with E-state index in [1.807, 2.05) is 0 Å². The van der Waals surface area contributed by atoms with Crippen LogP contribution in [0.2, 0.25) is 0 Å². The minimum Gasteiger partial charge on any atom is -0.352 e. The van der Waals surface area contributed by atoms with Gasteiger partial charge in [-0.05, 0) is 49.7 Å². The molecule has 2 aromatic carbocycles. The van der Waals surface area contributed by atoms with Crippen LogP contribution in [-0.4, -0.2) is 66.9 Å². The van der Waals surface area contributed by atoms with E-state index in [2.05, 4.69) is 15.1 Å². The SMILES string of the molecule is Cl.[C-]#[N+]C1(c2ccc(F)cc2F)CCN(CCCNC(=O)C2=C(C)N(C)C(=O)N(C)C2c2ccc(F)c(F)c2)CC1. The number of carbonyl (C=O) groups excluding carboxylic acids is 2. The number of halogens is 5. The number of rotatable bonds is 7. The fraction of sp³-hybridized carbons (Fsp3) is 0.414. The summed E-state index contributed by atoms with van der Waals surface area (Å²) in [5, 5.41) is 2.88. The maximum atomic E-state index is 14.4. The highest BCUT2D eigenvalue weighted by Crippen LogP contribution is 2.39. The van der Waals surface area contributed by atoms with Gasteiger partial charge in [0.25, 0.3) is 11.4 Å². The molecular formula is C29H32ClF4N5O2. The molecule has 41 heavy (non-hydrogen) atoms. The third-order valence-corrected chi connectivity index (χ3v) is 7.91. The summed E-state index contributed by atoms with van der Waals surface area (Å²) in [7, 11) is 3.04. The smallest absolute Gasteiger partial charge is 0.324 e. The predicted molar refractivity (Wildman–Crippen MR) is 148 cm³/mol. The molecule has 0 radical (unpaired) electrons. The summed E-state index contributed by atoms with van der Waals surface area (Å²) < 4.78 is 55.4. The number of hydrogen-bond donors (Lipinski definition) is 1. The molecule has 4 rings (SSSR count). The zero-order valence-electron chi connectivity index (χ0n) is 23.0. The summed E-state index contributed by atoms with van der Waals surface area (Å²) in [5.41, 5.74) is 0.141. The number of likely N-dealkylation sites (tertiary alicyclic amines) is 1. The molecule has 0 spiro atoms. The van der Waals surface area contributed by atoms with Crippen molar-refractivity contribution >= 4 is 24.3 Å². The van der Waals surface area contributed by atoms with Gasteiger partial charge in [-0.3, -0.25) is 4.79 Å². The van der Waals surface area contributed by atoms with Gasteiger partial charge in [-0.15, -0.1) is 12.4 Å². The first-order chi connectivity index (χ1) is 19.0. The Morgan fingerprint density at radius 1 is 1.05 bits per heavy atom. The lowest BCUT2D eigenvalue weighted by atomic mass is 9.81. The molecule has 2 aromatic rings. The zero-order chi connectivity index (χ0) is 29.2. The van der Waals surface area contributed by atoms with Crippen LogP contribution in [0.5, 0.6) is 0 Å². The molecule has 0 bridgehead atoms. The van der Waals surface area contributed by atoms with Crippen molar-refractivity contribution in [1.29, 1.82) is 0 Å². The molecule has 1 fully saturated rings. The summed E-state index contributed by atoms with van der Waals surface area (Å²) in [6, 6.07) is 5.38. The standard InChI is InChI=1S/C29H31F4N5O2.ClH/c1-18-25(26(37(4)28(40)36(18)3)19-6-9-22(31)24(33)16-19)27(39)35-12-5-13-38-14-10-29(34-2,11-15-38)21-8-7-20(30)17-23(21)32;/h6-9,16-17,26H,5,10-15H2,1,3-4H3,(H,35,39);1H. The van der Waals surface area contributed by atoms with E-state index in [4.69, 9.17) is 6.57 Å². The van der Waals surface area contributed by atoms with Gasteiger partial charge in [0, 0.05) is 58.3 Å². The Morgan fingerprint density at radius 2 is 1.73 bits per heavy atom. The molecular weight excluding hydrogens is 562 g/mol. The molecule has 1 N–H and O–H groups in total. The van der Waals surface area contributed by atoms with Gasteiger partial charge in [-0.1, -0.05) is 6.07 Å². The Morgan fingerprint density at radius 3 is 2.34 bits per heavy atom. The van der Waals surface area contributed by atoms with E-state index in [9.17, 15) is 27.2 Å². The fourth-order valence-corrected chi connectivity index (χ4v) is 5.48. The number of piperidine rings is 1. The van der Waals surface area contributed by atoms with Gasteiger partial charge < -0.3 is 24.9 Å². The number of nitrogens with one attached hydrogen (secondary N) is 1. The Kier molecular flexibility index (Phi) is 10.0. The van der Waals surface area contributed by atoms with Gasteiger partial charge in [-0.25, -0.2) is 28.9 Å². The average molecular weight is 594 g/mol. The summed E-state index contributed by atoms with van der Waals surface area (Å²) in [6.07, 6.45) is 1.40. The van der Waals surface area contributed by atoms with Crippen LogP contribution in [0.25, 0.3) is 4.85 Å². The van der Waals surface area contributed by atoms with Crippen LogP contribution < -0.4 is 5.32 Å². The molecule has 12 heteroatoms. The highest BCUT2D eigenvalue weighted by atomic mass is 35.5. The molecule has 7 nitrogen and oxygen atoms in total. The number of benzene rings is 2. The summed E-state index contributed by atoms with van der Waals surface area (Å²) in [4.78, 5) is 34.6. The van der Waals surface area contributed by atoms with E-state index in [0.717, 1.165) is 18.2 Å². The molecule has 0 aliphatic carbocycles. The van der Waals surface area contributed by atoms with Crippen molar-refractivity contribution in [3.63, 3.8) is 0 Å². The Bertz CT molecular complexity index is 1390. The lowest BCUT2D eigenvalue weighted by Gasteiger charge is -2.40. The first kappa shape index (κ1) is 31.9. The lowest BCUT2D eigenvalue weighted by Crippen LogP contribution is -2.48.